The maximum absolute atomic E-state index is 13.0. The van der Waals surface area contributed by atoms with Crippen LogP contribution in [0.25, 0.3) is 0 Å². The molecule has 0 amide bonds. The van der Waals surface area contributed by atoms with E-state index >= 15 is 0 Å². The zero-order valence-corrected chi connectivity index (χ0v) is 16.5. The van der Waals surface area contributed by atoms with E-state index in [0.29, 0.717) is 5.02 Å². The first-order valence-corrected chi connectivity index (χ1v) is 9.98. The second kappa shape index (κ2) is 8.67. The predicted octanol–water partition coefficient (Wildman–Crippen LogP) is 6.25. The number of hydrogen-bond donors (Lipinski definition) is 0. The molecule has 0 aliphatic heterocycles. The number of esters is 1. The molecule has 0 unspecified atom stereocenters. The number of methoxy groups -OCH3 is 1. The average Bonchev–Trinajstić information content (AvgIpc) is 2.69. The molecule has 132 valence electrons. The Morgan fingerprint density at radius 2 is 1.27 bits per heavy atom. The van der Waals surface area contributed by atoms with Crippen molar-refractivity contribution >= 4 is 41.1 Å². The maximum atomic E-state index is 13.0. The topological polar surface area (TPSA) is 26.3 Å². The molecule has 0 saturated heterocycles. The van der Waals surface area contributed by atoms with Crippen LogP contribution in [-0.2, 0) is 13.6 Å². The lowest BCUT2D eigenvalue weighted by atomic mass is 10.1. The number of benzene rings is 3. The van der Waals surface area contributed by atoms with Gasteiger partial charge in [0.15, 0.2) is 4.08 Å². The molecule has 0 spiro atoms. The molecule has 5 heteroatoms. The first kappa shape index (κ1) is 18.9. The molecule has 26 heavy (non-hydrogen) atoms. The monoisotopic (exact) mass is 400 g/mol. The molecule has 0 radical (unpaired) electrons. The normalized spacial score (nSPS) is 11.2. The summed E-state index contributed by atoms with van der Waals surface area (Å²) < 4.78 is 4.25. The fraction of sp³-hybridized carbons (Fsp3) is 0.0952. The van der Waals surface area contributed by atoms with Crippen molar-refractivity contribution in [3.8, 4) is 0 Å². The molecule has 0 aromatic heterocycles. The van der Waals surface area contributed by atoms with Gasteiger partial charge < -0.3 is 4.74 Å². The molecule has 0 aliphatic rings. The Morgan fingerprint density at radius 1 is 0.808 bits per heavy atom. The van der Waals surface area contributed by atoms with Crippen LogP contribution in [0, 0.1) is 0 Å². The first-order valence-electron chi connectivity index (χ1n) is 7.96. The fourth-order valence-corrected chi connectivity index (χ4v) is 5.41. The van der Waals surface area contributed by atoms with Crippen molar-refractivity contribution in [1.82, 2.24) is 0 Å². The van der Waals surface area contributed by atoms with Crippen molar-refractivity contribution in [1.29, 1.82) is 0 Å². The van der Waals surface area contributed by atoms with E-state index < -0.39 is 4.08 Å². The van der Waals surface area contributed by atoms with E-state index in [1.807, 2.05) is 72.8 Å². The van der Waals surface area contributed by atoms with Gasteiger partial charge >= 0.3 is 5.97 Å². The maximum Gasteiger partial charge on any atom is 0.337 e. The van der Waals surface area contributed by atoms with Crippen molar-refractivity contribution in [2.24, 2.45) is 0 Å². The zero-order chi connectivity index (χ0) is 18.4. The molecule has 0 fully saturated rings. The largest absolute Gasteiger partial charge is 0.467 e. The van der Waals surface area contributed by atoms with Gasteiger partial charge in [0.2, 0.25) is 0 Å². The number of halogens is 1. The molecule has 3 aromatic rings. The van der Waals surface area contributed by atoms with E-state index in [4.69, 9.17) is 16.3 Å². The summed E-state index contributed by atoms with van der Waals surface area (Å²) in [5.74, 6) is -0.317. The SMILES string of the molecule is COC(=O)C(Sc1ccccc1)(Sc1ccccc1)c1ccc(Cl)cc1. The van der Waals surface area contributed by atoms with E-state index in [1.165, 1.54) is 30.6 Å². The van der Waals surface area contributed by atoms with E-state index in [0.717, 1.165) is 15.4 Å². The third-order valence-corrected chi connectivity index (χ3v) is 6.84. The molecule has 0 atom stereocenters. The minimum atomic E-state index is -0.984. The average molecular weight is 401 g/mol. The van der Waals surface area contributed by atoms with Gasteiger partial charge in [-0.1, -0.05) is 83.7 Å². The molecular weight excluding hydrogens is 384 g/mol. The van der Waals surface area contributed by atoms with Crippen LogP contribution in [0.2, 0.25) is 5.02 Å². The molecule has 0 bridgehead atoms. The van der Waals surface area contributed by atoms with Gasteiger partial charge in [-0.15, -0.1) is 0 Å². The minimum Gasteiger partial charge on any atom is -0.467 e. The Kier molecular flexibility index (Phi) is 6.30. The number of thioether (sulfide) groups is 2. The number of rotatable bonds is 6. The molecule has 3 aromatic carbocycles. The third kappa shape index (κ3) is 4.26. The summed E-state index contributed by atoms with van der Waals surface area (Å²) in [6, 6.07) is 27.1. The Morgan fingerprint density at radius 3 is 1.69 bits per heavy atom. The summed E-state index contributed by atoms with van der Waals surface area (Å²) in [5.41, 5.74) is 0.830. The molecule has 0 saturated carbocycles. The number of carbonyl (C=O) groups excluding carboxylic acids is 1. The summed E-state index contributed by atoms with van der Waals surface area (Å²) in [4.78, 5) is 15.0. The van der Waals surface area contributed by atoms with Crippen LogP contribution in [0.15, 0.2) is 94.7 Å². The Bertz CT molecular complexity index is 811. The van der Waals surface area contributed by atoms with Crippen LogP contribution >= 0.6 is 35.1 Å². The second-order valence-electron chi connectivity index (χ2n) is 5.45. The summed E-state index contributed by atoms with van der Waals surface area (Å²) in [5, 5.41) is 0.627. The molecule has 3 rings (SSSR count). The van der Waals surface area contributed by atoms with E-state index in [9.17, 15) is 4.79 Å². The Balaban J connectivity index is 2.12. The van der Waals surface area contributed by atoms with Crippen molar-refractivity contribution in [2.45, 2.75) is 13.9 Å². The Labute approximate surface area is 166 Å². The van der Waals surface area contributed by atoms with Gasteiger partial charge in [0.05, 0.1) is 7.11 Å². The van der Waals surface area contributed by atoms with Crippen LogP contribution in [0.5, 0.6) is 0 Å². The molecule has 0 N–H and O–H groups in total. The summed E-state index contributed by atoms with van der Waals surface area (Å²) >= 11 is 9.00. The lowest BCUT2D eigenvalue weighted by Gasteiger charge is -2.30. The van der Waals surface area contributed by atoms with Gasteiger partial charge in [0, 0.05) is 14.8 Å². The zero-order valence-electron chi connectivity index (χ0n) is 14.1. The standard InChI is InChI=1S/C21H17ClO2S2/c1-24-20(23)21(16-12-14-17(22)15-13-16,25-18-8-4-2-5-9-18)26-19-10-6-3-7-11-19/h2-15H,1H3. The number of ether oxygens (including phenoxy) is 1. The van der Waals surface area contributed by atoms with E-state index in [-0.39, 0.29) is 5.97 Å². The first-order chi connectivity index (χ1) is 12.6. The quantitative estimate of drug-likeness (QED) is 0.277. The summed E-state index contributed by atoms with van der Waals surface area (Å²) in [6.07, 6.45) is 0. The van der Waals surface area contributed by atoms with Gasteiger partial charge in [0.25, 0.3) is 0 Å². The van der Waals surface area contributed by atoms with Gasteiger partial charge in [-0.25, -0.2) is 4.79 Å². The highest BCUT2D eigenvalue weighted by atomic mass is 35.5. The number of hydrogen-bond acceptors (Lipinski definition) is 4. The fourth-order valence-electron chi connectivity index (χ4n) is 2.45. The van der Waals surface area contributed by atoms with Crippen molar-refractivity contribution in [2.75, 3.05) is 7.11 Å². The van der Waals surface area contributed by atoms with Gasteiger partial charge in [-0.3, -0.25) is 0 Å². The van der Waals surface area contributed by atoms with Gasteiger partial charge in [-0.05, 0) is 42.0 Å². The van der Waals surface area contributed by atoms with Crippen LogP contribution < -0.4 is 0 Å². The van der Waals surface area contributed by atoms with E-state index in [2.05, 4.69) is 0 Å². The van der Waals surface area contributed by atoms with Crippen LogP contribution in [0.4, 0.5) is 0 Å². The lowest BCUT2D eigenvalue weighted by Crippen LogP contribution is -2.30. The van der Waals surface area contributed by atoms with E-state index in [1.54, 1.807) is 12.1 Å². The van der Waals surface area contributed by atoms with Crippen molar-refractivity contribution < 1.29 is 9.53 Å². The molecular formula is C21H17ClO2S2. The van der Waals surface area contributed by atoms with Gasteiger partial charge in [0.1, 0.15) is 0 Å². The van der Waals surface area contributed by atoms with Crippen LogP contribution in [0.1, 0.15) is 5.56 Å². The molecule has 0 heterocycles. The van der Waals surface area contributed by atoms with Gasteiger partial charge in [-0.2, -0.15) is 0 Å². The Hall–Kier alpha value is -1.88. The van der Waals surface area contributed by atoms with Crippen molar-refractivity contribution in [3.63, 3.8) is 0 Å². The highest BCUT2D eigenvalue weighted by Crippen LogP contribution is 2.53. The molecule has 0 aliphatic carbocycles. The summed E-state index contributed by atoms with van der Waals surface area (Å²) in [6.45, 7) is 0. The highest BCUT2D eigenvalue weighted by molar-refractivity contribution is 8.18. The minimum absolute atomic E-state index is 0.317. The van der Waals surface area contributed by atoms with Crippen molar-refractivity contribution in [3.05, 3.63) is 95.5 Å². The predicted molar refractivity (Wildman–Crippen MR) is 110 cm³/mol. The number of carbonyl (C=O) groups is 1. The van der Waals surface area contributed by atoms with Crippen LogP contribution in [-0.4, -0.2) is 13.1 Å². The third-order valence-electron chi connectivity index (χ3n) is 3.69. The second-order valence-corrected chi connectivity index (χ2v) is 8.72. The summed E-state index contributed by atoms with van der Waals surface area (Å²) in [7, 11) is 1.42. The van der Waals surface area contributed by atoms with Crippen LogP contribution in [0.3, 0.4) is 0 Å². The lowest BCUT2D eigenvalue weighted by molar-refractivity contribution is -0.141. The smallest absolute Gasteiger partial charge is 0.337 e. The molecule has 2 nitrogen and oxygen atoms in total. The highest BCUT2D eigenvalue weighted by Gasteiger charge is 2.44.